The van der Waals surface area contributed by atoms with Gasteiger partial charge < -0.3 is 10.0 Å². The van der Waals surface area contributed by atoms with Crippen LogP contribution in [0.1, 0.15) is 60.9 Å². The fourth-order valence-corrected chi connectivity index (χ4v) is 3.03. The fourth-order valence-electron chi connectivity index (χ4n) is 3.03. The summed E-state index contributed by atoms with van der Waals surface area (Å²) in [5.41, 5.74) is 0.571. The molecule has 0 aromatic carbocycles. The highest BCUT2D eigenvalue weighted by Gasteiger charge is 2.28. The monoisotopic (exact) mass is 304 g/mol. The Bertz CT molecular complexity index is 563. The summed E-state index contributed by atoms with van der Waals surface area (Å²) >= 11 is 0. The van der Waals surface area contributed by atoms with Crippen LogP contribution in [0, 0.1) is 11.3 Å². The second kappa shape index (κ2) is 6.46. The number of aromatic nitrogens is 1. The molecule has 1 aliphatic heterocycles. The number of aromatic carboxylic acids is 1. The molecule has 22 heavy (non-hydrogen) atoms. The second-order valence-corrected chi connectivity index (χ2v) is 7.02. The number of amides is 1. The Hall–Kier alpha value is -1.91. The van der Waals surface area contributed by atoms with Crippen LogP contribution in [-0.4, -0.2) is 40.0 Å². The smallest absolute Gasteiger partial charge is 0.354 e. The molecule has 1 atom stereocenters. The molecular weight excluding hydrogens is 280 g/mol. The summed E-state index contributed by atoms with van der Waals surface area (Å²) in [4.78, 5) is 29.2. The van der Waals surface area contributed by atoms with Gasteiger partial charge in [0.15, 0.2) is 0 Å². The van der Waals surface area contributed by atoms with Gasteiger partial charge in [0.05, 0.1) is 0 Å². The van der Waals surface area contributed by atoms with E-state index >= 15 is 0 Å². The first kappa shape index (κ1) is 16.5. The van der Waals surface area contributed by atoms with Crippen LogP contribution in [0.3, 0.4) is 0 Å². The summed E-state index contributed by atoms with van der Waals surface area (Å²) in [6, 6.07) is 2.94. The summed E-state index contributed by atoms with van der Waals surface area (Å²) < 4.78 is 0. The van der Waals surface area contributed by atoms with Crippen LogP contribution in [0.15, 0.2) is 18.3 Å². The van der Waals surface area contributed by atoms with E-state index < -0.39 is 5.97 Å². The van der Waals surface area contributed by atoms with Gasteiger partial charge in [0.2, 0.25) is 0 Å². The average Bonchev–Trinajstić information content (AvgIpc) is 2.72. The minimum absolute atomic E-state index is 0.0896. The number of carbonyl (C=O) groups excluding carboxylic acids is 1. The number of carboxylic acids is 1. The van der Waals surface area contributed by atoms with Crippen molar-refractivity contribution in [2.45, 2.75) is 40.0 Å². The molecule has 1 fully saturated rings. The molecule has 1 amide bonds. The maximum Gasteiger partial charge on any atom is 0.354 e. The summed E-state index contributed by atoms with van der Waals surface area (Å²) in [5.74, 6) is -0.602. The summed E-state index contributed by atoms with van der Waals surface area (Å²) in [6.07, 6.45) is 4.49. The molecule has 1 N–H and O–H groups in total. The molecule has 0 spiro atoms. The molecular formula is C17H24N2O3. The molecule has 0 saturated carbocycles. The van der Waals surface area contributed by atoms with Gasteiger partial charge in [-0.25, -0.2) is 9.78 Å². The van der Waals surface area contributed by atoms with Crippen LogP contribution < -0.4 is 0 Å². The van der Waals surface area contributed by atoms with E-state index in [1.165, 1.54) is 12.3 Å². The molecule has 0 radical (unpaired) electrons. The average molecular weight is 304 g/mol. The number of rotatable bonds is 2. The van der Waals surface area contributed by atoms with Gasteiger partial charge in [-0.15, -0.1) is 0 Å². The highest BCUT2D eigenvalue weighted by atomic mass is 16.4. The lowest BCUT2D eigenvalue weighted by molar-refractivity contribution is 0.0690. The van der Waals surface area contributed by atoms with Gasteiger partial charge in [0.25, 0.3) is 5.91 Å². The van der Waals surface area contributed by atoms with E-state index in [4.69, 9.17) is 5.11 Å². The maximum atomic E-state index is 12.6. The van der Waals surface area contributed by atoms with Crippen molar-refractivity contribution in [2.75, 3.05) is 13.1 Å². The Kier molecular flexibility index (Phi) is 4.84. The molecule has 0 bridgehead atoms. The number of pyridine rings is 1. The van der Waals surface area contributed by atoms with Crippen molar-refractivity contribution in [3.8, 4) is 0 Å². The van der Waals surface area contributed by atoms with Crippen LogP contribution >= 0.6 is 0 Å². The lowest BCUT2D eigenvalue weighted by Gasteiger charge is -2.29. The third kappa shape index (κ3) is 3.84. The third-order valence-corrected chi connectivity index (χ3v) is 4.47. The minimum Gasteiger partial charge on any atom is -0.477 e. The zero-order valence-corrected chi connectivity index (χ0v) is 13.5. The molecule has 5 heteroatoms. The minimum atomic E-state index is -1.11. The zero-order chi connectivity index (χ0) is 16.3. The second-order valence-electron chi connectivity index (χ2n) is 7.02. The number of nitrogens with zero attached hydrogens (tertiary/aromatic N) is 2. The standard InChI is InChI=1S/C17H24N2O3/c1-17(2,3)13-5-4-9-19(10-7-13)15(20)12-6-8-18-14(11-12)16(21)22/h6,8,11,13H,4-5,7,9-10H2,1-3H3,(H,21,22). The van der Waals surface area contributed by atoms with Crippen molar-refractivity contribution in [2.24, 2.45) is 11.3 Å². The van der Waals surface area contributed by atoms with Gasteiger partial charge in [-0.1, -0.05) is 20.8 Å². The van der Waals surface area contributed by atoms with Crippen LogP contribution in [0.2, 0.25) is 0 Å². The van der Waals surface area contributed by atoms with E-state index in [9.17, 15) is 9.59 Å². The number of hydrogen-bond donors (Lipinski definition) is 1. The molecule has 1 saturated heterocycles. The maximum absolute atomic E-state index is 12.6. The first-order valence-corrected chi connectivity index (χ1v) is 7.77. The lowest BCUT2D eigenvalue weighted by Crippen LogP contribution is -2.32. The molecule has 120 valence electrons. The normalized spacial score (nSPS) is 19.6. The SMILES string of the molecule is CC(C)(C)C1CCCN(C(=O)c2ccnc(C(=O)O)c2)CC1. The van der Waals surface area contributed by atoms with E-state index in [0.717, 1.165) is 32.4 Å². The van der Waals surface area contributed by atoms with E-state index in [-0.39, 0.29) is 17.0 Å². The van der Waals surface area contributed by atoms with E-state index in [1.54, 1.807) is 6.07 Å². The van der Waals surface area contributed by atoms with Crippen LogP contribution in [0.4, 0.5) is 0 Å². The van der Waals surface area contributed by atoms with Crippen molar-refractivity contribution in [1.82, 2.24) is 9.88 Å². The van der Waals surface area contributed by atoms with Gasteiger partial charge in [0, 0.05) is 24.8 Å². The fraction of sp³-hybridized carbons (Fsp3) is 0.588. The quantitative estimate of drug-likeness (QED) is 0.911. The Morgan fingerprint density at radius 3 is 2.64 bits per heavy atom. The van der Waals surface area contributed by atoms with E-state index in [1.807, 2.05) is 4.90 Å². The van der Waals surface area contributed by atoms with Gasteiger partial charge in [-0.3, -0.25) is 4.79 Å². The predicted octanol–water partition coefficient (Wildman–Crippen LogP) is 3.07. The number of carboxylic acid groups (broad SMARTS) is 1. The topological polar surface area (TPSA) is 70.5 Å². The molecule has 1 aromatic heterocycles. The number of hydrogen-bond acceptors (Lipinski definition) is 3. The molecule has 1 unspecified atom stereocenters. The van der Waals surface area contributed by atoms with Crippen LogP contribution in [0.5, 0.6) is 0 Å². The van der Waals surface area contributed by atoms with E-state index in [2.05, 4.69) is 25.8 Å². The molecule has 1 aromatic rings. The molecule has 2 heterocycles. The number of carbonyl (C=O) groups is 2. The molecule has 0 aliphatic carbocycles. The largest absolute Gasteiger partial charge is 0.477 e. The lowest BCUT2D eigenvalue weighted by atomic mass is 9.77. The van der Waals surface area contributed by atoms with Crippen molar-refractivity contribution in [3.05, 3.63) is 29.6 Å². The molecule has 1 aliphatic rings. The first-order valence-electron chi connectivity index (χ1n) is 7.77. The Morgan fingerprint density at radius 2 is 2.00 bits per heavy atom. The number of likely N-dealkylation sites (tertiary alicyclic amines) is 1. The zero-order valence-electron chi connectivity index (χ0n) is 13.5. The van der Waals surface area contributed by atoms with Crippen molar-refractivity contribution >= 4 is 11.9 Å². The Morgan fingerprint density at radius 1 is 1.27 bits per heavy atom. The van der Waals surface area contributed by atoms with Crippen LogP contribution in [0.25, 0.3) is 0 Å². The Balaban J connectivity index is 2.10. The highest BCUT2D eigenvalue weighted by Crippen LogP contribution is 2.34. The summed E-state index contributed by atoms with van der Waals surface area (Å²) in [5, 5.41) is 8.98. The van der Waals surface area contributed by atoms with Crippen LogP contribution in [-0.2, 0) is 0 Å². The van der Waals surface area contributed by atoms with Crippen molar-refractivity contribution in [1.29, 1.82) is 0 Å². The molecule has 2 rings (SSSR count). The van der Waals surface area contributed by atoms with Gasteiger partial charge in [-0.05, 0) is 42.7 Å². The Labute approximate surface area is 131 Å². The first-order chi connectivity index (χ1) is 10.3. The predicted molar refractivity (Wildman–Crippen MR) is 83.9 cm³/mol. The highest BCUT2D eigenvalue weighted by molar-refractivity contribution is 5.96. The summed E-state index contributed by atoms with van der Waals surface area (Å²) in [6.45, 7) is 8.20. The van der Waals surface area contributed by atoms with Crippen molar-refractivity contribution < 1.29 is 14.7 Å². The third-order valence-electron chi connectivity index (χ3n) is 4.47. The van der Waals surface area contributed by atoms with Crippen molar-refractivity contribution in [3.63, 3.8) is 0 Å². The summed E-state index contributed by atoms with van der Waals surface area (Å²) in [7, 11) is 0. The van der Waals surface area contributed by atoms with Gasteiger partial charge >= 0.3 is 5.97 Å². The van der Waals surface area contributed by atoms with E-state index in [0.29, 0.717) is 11.5 Å². The molecule has 5 nitrogen and oxygen atoms in total. The van der Waals surface area contributed by atoms with Gasteiger partial charge in [-0.2, -0.15) is 0 Å². The van der Waals surface area contributed by atoms with Gasteiger partial charge in [0.1, 0.15) is 5.69 Å².